The summed E-state index contributed by atoms with van der Waals surface area (Å²) in [5, 5.41) is 121. The third kappa shape index (κ3) is 33.3. The van der Waals surface area contributed by atoms with Gasteiger partial charge in [-0.05, 0) is 38.5 Å². The van der Waals surface area contributed by atoms with Gasteiger partial charge in [-0.3, -0.25) is 4.79 Å². The van der Waals surface area contributed by atoms with Gasteiger partial charge in [-0.1, -0.05) is 251 Å². The molecule has 3 rings (SSSR count). The lowest BCUT2D eigenvalue weighted by Gasteiger charge is -2.48. The Morgan fingerprint density at radius 2 is 0.724 bits per heavy atom. The van der Waals surface area contributed by atoms with Crippen LogP contribution in [0.4, 0.5) is 0 Å². The predicted molar refractivity (Wildman–Crippen MR) is 337 cm³/mol. The predicted octanol–water partition coefficient (Wildman–Crippen LogP) is 9.28. The SMILES string of the molecule is CCCCCCCCCC/C=C\CCCCCCCCCCCCCCCC(=O)NC(COC1OC(CO)C(OC2OC(CO)C(OC3OC(CO)C(O)C(O)C3O)C(O)C2O)C(O)C1O)C(O)CCCCCCCCCCCCCCCCCCC. The molecule has 3 saturated heterocycles. The summed E-state index contributed by atoms with van der Waals surface area (Å²) in [7, 11) is 0. The minimum Gasteiger partial charge on any atom is -0.394 e. The monoisotopic (exact) mass is 1250 g/mol. The highest BCUT2D eigenvalue weighted by Gasteiger charge is 2.53. The lowest BCUT2D eigenvalue weighted by molar-refractivity contribution is -0.379. The van der Waals surface area contributed by atoms with Crippen molar-refractivity contribution in [2.75, 3.05) is 26.4 Å². The van der Waals surface area contributed by atoms with Crippen LogP contribution in [-0.2, 0) is 33.2 Å². The number of carbonyl (C=O) groups is 1. The molecule has 0 aromatic heterocycles. The van der Waals surface area contributed by atoms with Crippen molar-refractivity contribution in [2.45, 2.75) is 388 Å². The Morgan fingerprint density at radius 3 is 1.11 bits per heavy atom. The highest BCUT2D eigenvalue weighted by Crippen LogP contribution is 2.33. The van der Waals surface area contributed by atoms with Gasteiger partial charge in [0, 0.05) is 6.42 Å². The second kappa shape index (κ2) is 51.0. The first-order valence-electron chi connectivity index (χ1n) is 35.4. The molecule has 3 heterocycles. The second-order valence-electron chi connectivity index (χ2n) is 25.7. The number of aliphatic hydroxyl groups excluding tert-OH is 11. The third-order valence-electron chi connectivity index (χ3n) is 18.1. The van der Waals surface area contributed by atoms with Gasteiger partial charge in [0.15, 0.2) is 18.9 Å². The van der Waals surface area contributed by atoms with Crippen LogP contribution < -0.4 is 5.32 Å². The molecule has 0 saturated carbocycles. The van der Waals surface area contributed by atoms with Crippen molar-refractivity contribution in [1.82, 2.24) is 5.32 Å². The van der Waals surface area contributed by atoms with Crippen LogP contribution in [0, 0.1) is 0 Å². The van der Waals surface area contributed by atoms with Crippen molar-refractivity contribution in [3.05, 3.63) is 12.2 Å². The normalized spacial score (nSPS) is 28.6. The molecule has 0 aromatic rings. The number of hydrogen-bond donors (Lipinski definition) is 12. The van der Waals surface area contributed by atoms with Crippen molar-refractivity contribution >= 4 is 5.91 Å². The van der Waals surface area contributed by atoms with Crippen LogP contribution in [0.25, 0.3) is 0 Å². The molecule has 0 radical (unpaired) electrons. The fourth-order valence-corrected chi connectivity index (χ4v) is 12.3. The number of aliphatic hydroxyl groups is 11. The number of allylic oxidation sites excluding steroid dienone is 2. The van der Waals surface area contributed by atoms with Gasteiger partial charge < -0.3 is 89.9 Å². The van der Waals surface area contributed by atoms with Crippen LogP contribution in [0.15, 0.2) is 12.2 Å². The van der Waals surface area contributed by atoms with Crippen molar-refractivity contribution in [3.63, 3.8) is 0 Å². The summed E-state index contributed by atoms with van der Waals surface area (Å²) < 4.78 is 34.4. The van der Waals surface area contributed by atoms with Gasteiger partial charge in [0.2, 0.25) is 5.91 Å². The van der Waals surface area contributed by atoms with Gasteiger partial charge in [-0.2, -0.15) is 0 Å². The minimum absolute atomic E-state index is 0.238. The van der Waals surface area contributed by atoms with Crippen molar-refractivity contribution in [2.24, 2.45) is 0 Å². The van der Waals surface area contributed by atoms with Crippen LogP contribution in [0.2, 0.25) is 0 Å². The molecule has 0 bridgehead atoms. The zero-order valence-corrected chi connectivity index (χ0v) is 54.3. The van der Waals surface area contributed by atoms with E-state index in [1.54, 1.807) is 0 Å². The van der Waals surface area contributed by atoms with E-state index in [-0.39, 0.29) is 18.9 Å². The maximum atomic E-state index is 13.4. The molecule has 19 nitrogen and oxygen atoms in total. The highest BCUT2D eigenvalue weighted by atomic mass is 16.8. The Hall–Kier alpha value is -1.47. The summed E-state index contributed by atoms with van der Waals surface area (Å²) in [6.07, 6.45) is 28.6. The van der Waals surface area contributed by atoms with Crippen molar-refractivity contribution < 1.29 is 89.4 Å². The fourth-order valence-electron chi connectivity index (χ4n) is 12.3. The first kappa shape index (κ1) is 79.8. The molecule has 3 fully saturated rings. The summed E-state index contributed by atoms with van der Waals surface area (Å²) in [5.74, 6) is -0.238. The number of unbranched alkanes of at least 4 members (excludes halogenated alkanes) is 37. The smallest absolute Gasteiger partial charge is 0.220 e. The molecular weight excluding hydrogens is 1120 g/mol. The van der Waals surface area contributed by atoms with E-state index in [0.717, 1.165) is 44.9 Å². The van der Waals surface area contributed by atoms with E-state index in [2.05, 4.69) is 31.3 Å². The fraction of sp³-hybridized carbons (Fsp3) is 0.956. The van der Waals surface area contributed by atoms with Gasteiger partial charge in [0.05, 0.1) is 38.6 Å². The molecule has 0 aliphatic carbocycles. The molecule has 3 aliphatic heterocycles. The van der Waals surface area contributed by atoms with E-state index in [9.17, 15) is 61.0 Å². The van der Waals surface area contributed by atoms with Gasteiger partial charge in [-0.25, -0.2) is 0 Å². The van der Waals surface area contributed by atoms with E-state index >= 15 is 0 Å². The Morgan fingerprint density at radius 1 is 0.402 bits per heavy atom. The average molecular weight is 1250 g/mol. The number of nitrogens with one attached hydrogen (secondary N) is 1. The minimum atomic E-state index is -1.97. The number of rotatable bonds is 55. The molecule has 0 spiro atoms. The number of hydrogen-bond acceptors (Lipinski definition) is 18. The molecule has 87 heavy (non-hydrogen) atoms. The van der Waals surface area contributed by atoms with Gasteiger partial charge in [-0.15, -0.1) is 0 Å². The topological polar surface area (TPSA) is 307 Å². The van der Waals surface area contributed by atoms with E-state index < -0.39 is 124 Å². The number of carbonyl (C=O) groups excluding carboxylic acids is 1. The standard InChI is InChI=1S/C68H129NO18/c1-3-5-7-9-11-13-15-17-19-21-22-23-24-25-26-27-28-30-32-34-36-38-40-42-44-46-56(74)69-51(52(73)45-43-41-39-37-35-33-31-29-20-18-16-14-12-10-8-6-4-2)50-82-66-62(80)59(77)64(54(48-71)84-66)87-68-63(81)60(78)65(55(49-72)85-68)86-67-61(79)58(76)57(75)53(47-70)83-67/h21-22,51-55,57-68,70-73,75-81H,3-20,23-50H2,1-2H3,(H,69,74)/b22-21-. The Kier molecular flexibility index (Phi) is 46.8. The summed E-state index contributed by atoms with van der Waals surface area (Å²) in [6, 6.07) is -0.884. The highest BCUT2D eigenvalue weighted by molar-refractivity contribution is 5.76. The average Bonchev–Trinajstić information content (AvgIpc) is 1.15. The van der Waals surface area contributed by atoms with E-state index in [0.29, 0.717) is 12.8 Å². The van der Waals surface area contributed by atoms with Gasteiger partial charge in [0.25, 0.3) is 0 Å². The van der Waals surface area contributed by atoms with Crippen LogP contribution >= 0.6 is 0 Å². The Labute approximate surface area is 525 Å². The first-order valence-corrected chi connectivity index (χ1v) is 35.4. The van der Waals surface area contributed by atoms with Crippen LogP contribution in [0.3, 0.4) is 0 Å². The first-order chi connectivity index (χ1) is 42.3. The van der Waals surface area contributed by atoms with Crippen molar-refractivity contribution in [1.29, 1.82) is 0 Å². The maximum absolute atomic E-state index is 13.4. The lowest BCUT2D eigenvalue weighted by Crippen LogP contribution is -2.66. The molecule has 19 heteroatoms. The van der Waals surface area contributed by atoms with Crippen LogP contribution in [0.1, 0.15) is 284 Å². The molecule has 3 aliphatic rings. The molecule has 0 aromatic carbocycles. The van der Waals surface area contributed by atoms with Crippen LogP contribution in [-0.4, -0.2) is 193 Å². The summed E-state index contributed by atoms with van der Waals surface area (Å²) in [6.45, 7) is 1.83. The molecule has 17 unspecified atom stereocenters. The largest absolute Gasteiger partial charge is 0.394 e. The number of amides is 1. The van der Waals surface area contributed by atoms with E-state index in [1.165, 1.54) is 205 Å². The maximum Gasteiger partial charge on any atom is 0.220 e. The summed E-state index contributed by atoms with van der Waals surface area (Å²) >= 11 is 0. The molecular formula is C68H129NO18. The van der Waals surface area contributed by atoms with Crippen molar-refractivity contribution in [3.8, 4) is 0 Å². The molecule has 17 atom stereocenters. The third-order valence-corrected chi connectivity index (χ3v) is 18.1. The summed E-state index contributed by atoms with van der Waals surface area (Å²) in [4.78, 5) is 13.4. The van der Waals surface area contributed by atoms with E-state index in [1.807, 2.05) is 0 Å². The van der Waals surface area contributed by atoms with E-state index in [4.69, 9.17) is 28.4 Å². The summed E-state index contributed by atoms with van der Waals surface area (Å²) in [5.41, 5.74) is 0. The molecule has 1 amide bonds. The molecule has 514 valence electrons. The van der Waals surface area contributed by atoms with Gasteiger partial charge >= 0.3 is 0 Å². The second-order valence-corrected chi connectivity index (χ2v) is 25.7. The Bertz CT molecular complexity index is 1630. The zero-order valence-electron chi connectivity index (χ0n) is 54.3. The lowest BCUT2D eigenvalue weighted by atomic mass is 9.96. The zero-order chi connectivity index (χ0) is 63.3. The quantitative estimate of drug-likeness (QED) is 0.0199. The van der Waals surface area contributed by atoms with Gasteiger partial charge in [0.1, 0.15) is 73.2 Å². The number of ether oxygens (including phenoxy) is 6. The molecule has 12 N–H and O–H groups in total. The van der Waals surface area contributed by atoms with Crippen LogP contribution in [0.5, 0.6) is 0 Å². The Balaban J connectivity index is 1.41.